The van der Waals surface area contributed by atoms with Crippen LogP contribution in [0.15, 0.2) is 30.3 Å². The number of carbonyl (C=O) groups is 1. The van der Waals surface area contributed by atoms with Gasteiger partial charge in [-0.15, -0.1) is 0 Å². The molecule has 2 aliphatic heterocycles. The van der Waals surface area contributed by atoms with Crippen molar-refractivity contribution in [2.45, 2.75) is 88.4 Å². The number of nitrogens with zero attached hydrogens (tertiary/aromatic N) is 1. The van der Waals surface area contributed by atoms with Gasteiger partial charge in [-0.25, -0.2) is 4.79 Å². The molecule has 1 aromatic carbocycles. The first-order chi connectivity index (χ1) is 12.3. The highest BCUT2D eigenvalue weighted by atomic mass is 16.2. The fraction of sp³-hybridized carbons (Fsp3) is 0.667. The fourth-order valence-electron chi connectivity index (χ4n) is 5.38. The Kier molecular flexibility index (Phi) is 5.25. The summed E-state index contributed by atoms with van der Waals surface area (Å²) in [5.41, 5.74) is 0.861. The molecule has 2 saturated heterocycles. The van der Waals surface area contributed by atoms with Crippen molar-refractivity contribution in [3.63, 3.8) is 0 Å². The van der Waals surface area contributed by atoms with E-state index in [9.17, 15) is 4.79 Å². The summed E-state index contributed by atoms with van der Waals surface area (Å²) in [6.45, 7) is 0. The lowest BCUT2D eigenvalue weighted by Gasteiger charge is -2.53. The zero-order valence-corrected chi connectivity index (χ0v) is 15.1. The molecule has 2 heterocycles. The Morgan fingerprint density at radius 1 is 0.840 bits per heavy atom. The summed E-state index contributed by atoms with van der Waals surface area (Å²) in [6, 6.07) is 12.1. The predicted octanol–water partition coefficient (Wildman–Crippen LogP) is 4.53. The maximum Gasteiger partial charge on any atom is 0.319 e. The zero-order valence-electron chi connectivity index (χ0n) is 15.1. The van der Waals surface area contributed by atoms with Crippen LogP contribution in [0, 0.1) is 0 Å². The highest BCUT2D eigenvalue weighted by Crippen LogP contribution is 2.39. The maximum atomic E-state index is 12.3. The number of amides is 2. The molecule has 4 rings (SSSR count). The monoisotopic (exact) mass is 341 g/mol. The number of benzene rings is 1. The van der Waals surface area contributed by atoms with Crippen molar-refractivity contribution in [3.8, 4) is 0 Å². The third-order valence-corrected chi connectivity index (χ3v) is 6.39. The molecule has 1 aliphatic carbocycles. The van der Waals surface area contributed by atoms with Gasteiger partial charge in [0.25, 0.3) is 0 Å². The van der Waals surface area contributed by atoms with Gasteiger partial charge >= 0.3 is 6.03 Å². The molecule has 25 heavy (non-hydrogen) atoms. The normalized spacial score (nSPS) is 30.6. The van der Waals surface area contributed by atoms with Crippen LogP contribution in [0.1, 0.15) is 64.2 Å². The van der Waals surface area contributed by atoms with Gasteiger partial charge in [0.15, 0.2) is 0 Å². The number of hydrogen-bond acceptors (Lipinski definition) is 2. The van der Waals surface area contributed by atoms with Crippen molar-refractivity contribution in [1.29, 1.82) is 0 Å². The van der Waals surface area contributed by atoms with Crippen LogP contribution in [-0.2, 0) is 0 Å². The Balaban J connectivity index is 1.35. The van der Waals surface area contributed by atoms with Gasteiger partial charge in [-0.3, -0.25) is 4.90 Å². The van der Waals surface area contributed by atoms with Gasteiger partial charge in [-0.1, -0.05) is 43.9 Å². The third-order valence-electron chi connectivity index (χ3n) is 6.39. The van der Waals surface area contributed by atoms with Crippen LogP contribution in [0.5, 0.6) is 0 Å². The summed E-state index contributed by atoms with van der Waals surface area (Å²) in [5, 5.41) is 6.21. The molecule has 1 saturated carbocycles. The Bertz CT molecular complexity index is 556. The second-order valence-electron chi connectivity index (χ2n) is 8.11. The summed E-state index contributed by atoms with van der Waals surface area (Å²) in [6.07, 6.45) is 13.2. The van der Waals surface area contributed by atoms with E-state index in [-0.39, 0.29) is 6.03 Å². The van der Waals surface area contributed by atoms with E-state index >= 15 is 0 Å². The molecule has 2 bridgehead atoms. The van der Waals surface area contributed by atoms with E-state index in [0.717, 1.165) is 24.6 Å². The lowest BCUT2D eigenvalue weighted by Crippen LogP contribution is -2.60. The standard InChI is InChI=1S/C21H31N3O/c25-21(22-16-8-3-1-4-9-16)23-17-14-19-12-7-13-20(15-17)24(19)18-10-5-2-6-11-18/h1,3-4,8-9,17-20H,2,5-7,10-15H2,(H2,22,23,25). The van der Waals surface area contributed by atoms with Crippen LogP contribution < -0.4 is 10.6 Å². The lowest BCUT2D eigenvalue weighted by atomic mass is 9.78. The SMILES string of the molecule is O=C(Nc1ccccc1)NC1CC2CCCC(C1)N2C1CCCCC1. The molecule has 4 nitrogen and oxygen atoms in total. The molecule has 0 aromatic heterocycles. The molecule has 0 radical (unpaired) electrons. The lowest BCUT2D eigenvalue weighted by molar-refractivity contribution is -0.0202. The minimum absolute atomic E-state index is 0.0552. The van der Waals surface area contributed by atoms with Crippen molar-refractivity contribution >= 4 is 11.7 Å². The Hall–Kier alpha value is -1.55. The molecule has 3 aliphatic rings. The van der Waals surface area contributed by atoms with Crippen LogP contribution >= 0.6 is 0 Å². The van der Waals surface area contributed by atoms with Gasteiger partial charge in [0.1, 0.15) is 0 Å². The molecule has 2 N–H and O–H groups in total. The van der Waals surface area contributed by atoms with Gasteiger partial charge in [0.05, 0.1) is 0 Å². The van der Waals surface area contributed by atoms with Gasteiger partial charge in [0.2, 0.25) is 0 Å². The maximum absolute atomic E-state index is 12.3. The predicted molar refractivity (Wildman–Crippen MR) is 102 cm³/mol. The van der Waals surface area contributed by atoms with Crippen LogP contribution in [0.25, 0.3) is 0 Å². The zero-order chi connectivity index (χ0) is 17.1. The number of fused-ring (bicyclic) bond motifs is 2. The average Bonchev–Trinajstić information content (AvgIpc) is 2.62. The highest BCUT2D eigenvalue weighted by molar-refractivity contribution is 5.89. The molecular formula is C21H31N3O. The highest BCUT2D eigenvalue weighted by Gasteiger charge is 2.41. The van der Waals surface area contributed by atoms with Crippen molar-refractivity contribution in [2.75, 3.05) is 5.32 Å². The number of rotatable bonds is 3. The van der Waals surface area contributed by atoms with Crippen molar-refractivity contribution in [3.05, 3.63) is 30.3 Å². The number of nitrogens with one attached hydrogen (secondary N) is 2. The van der Waals surface area contributed by atoms with Crippen molar-refractivity contribution < 1.29 is 4.79 Å². The summed E-state index contributed by atoms with van der Waals surface area (Å²) in [7, 11) is 0. The molecule has 2 unspecified atom stereocenters. The quantitative estimate of drug-likeness (QED) is 0.848. The van der Waals surface area contributed by atoms with Crippen LogP contribution in [-0.4, -0.2) is 35.1 Å². The number of piperidine rings is 2. The first kappa shape index (κ1) is 16.9. The smallest absolute Gasteiger partial charge is 0.319 e. The van der Waals surface area contributed by atoms with Crippen LogP contribution in [0.2, 0.25) is 0 Å². The fourth-order valence-corrected chi connectivity index (χ4v) is 5.38. The van der Waals surface area contributed by atoms with E-state index in [4.69, 9.17) is 0 Å². The summed E-state index contributed by atoms with van der Waals surface area (Å²) >= 11 is 0. The van der Waals surface area contributed by atoms with Gasteiger partial charge in [-0.05, 0) is 50.7 Å². The second kappa shape index (κ2) is 7.77. The minimum atomic E-state index is -0.0552. The molecular weight excluding hydrogens is 310 g/mol. The van der Waals surface area contributed by atoms with Gasteiger partial charge in [0, 0.05) is 29.9 Å². The largest absolute Gasteiger partial charge is 0.335 e. The van der Waals surface area contributed by atoms with E-state index < -0.39 is 0 Å². The average molecular weight is 341 g/mol. The van der Waals surface area contributed by atoms with E-state index in [0.29, 0.717) is 18.1 Å². The number of para-hydroxylation sites is 1. The number of carbonyl (C=O) groups excluding carboxylic acids is 1. The summed E-state index contributed by atoms with van der Waals surface area (Å²) in [4.78, 5) is 15.2. The van der Waals surface area contributed by atoms with E-state index in [2.05, 4.69) is 15.5 Å². The Morgan fingerprint density at radius 3 is 2.16 bits per heavy atom. The Labute approximate surface area is 151 Å². The van der Waals surface area contributed by atoms with Gasteiger partial charge in [-0.2, -0.15) is 0 Å². The van der Waals surface area contributed by atoms with E-state index in [1.165, 1.54) is 51.4 Å². The van der Waals surface area contributed by atoms with E-state index in [1.54, 1.807) is 0 Å². The van der Waals surface area contributed by atoms with Gasteiger partial charge < -0.3 is 10.6 Å². The molecule has 2 atom stereocenters. The van der Waals surface area contributed by atoms with Crippen molar-refractivity contribution in [1.82, 2.24) is 10.2 Å². The number of anilines is 1. The Morgan fingerprint density at radius 2 is 1.48 bits per heavy atom. The topological polar surface area (TPSA) is 44.4 Å². The summed E-state index contributed by atoms with van der Waals surface area (Å²) in [5.74, 6) is 0. The molecule has 1 aromatic rings. The molecule has 136 valence electrons. The van der Waals surface area contributed by atoms with Crippen molar-refractivity contribution in [2.24, 2.45) is 0 Å². The second-order valence-corrected chi connectivity index (χ2v) is 8.11. The minimum Gasteiger partial charge on any atom is -0.335 e. The first-order valence-corrected chi connectivity index (χ1v) is 10.2. The number of hydrogen-bond donors (Lipinski definition) is 2. The van der Waals surface area contributed by atoms with Crippen LogP contribution in [0.4, 0.5) is 10.5 Å². The molecule has 4 heteroatoms. The third kappa shape index (κ3) is 4.00. The summed E-state index contributed by atoms with van der Waals surface area (Å²) < 4.78 is 0. The molecule has 3 fully saturated rings. The molecule has 0 spiro atoms. The van der Waals surface area contributed by atoms with Crippen LogP contribution in [0.3, 0.4) is 0 Å². The van der Waals surface area contributed by atoms with E-state index in [1.807, 2.05) is 30.3 Å². The molecule has 2 amide bonds. The number of urea groups is 1. The first-order valence-electron chi connectivity index (χ1n) is 10.2.